The van der Waals surface area contributed by atoms with Gasteiger partial charge in [-0.15, -0.1) is 0 Å². The Hall–Kier alpha value is -2.72. The summed E-state index contributed by atoms with van der Waals surface area (Å²) in [6.07, 6.45) is 3.30. The van der Waals surface area contributed by atoms with Gasteiger partial charge in [-0.05, 0) is 76.5 Å². The molecule has 3 aliphatic heterocycles. The molecule has 0 spiro atoms. The zero-order valence-electron chi connectivity index (χ0n) is 23.4. The van der Waals surface area contributed by atoms with E-state index in [0.717, 1.165) is 25.9 Å². The molecule has 12 heteroatoms. The molecule has 3 heterocycles. The smallest absolute Gasteiger partial charge is 0.447 e. The molecule has 0 aromatic heterocycles. The first-order valence-electron chi connectivity index (χ1n) is 14.1. The van der Waals surface area contributed by atoms with E-state index in [1.807, 2.05) is 0 Å². The van der Waals surface area contributed by atoms with Crippen molar-refractivity contribution in [1.82, 2.24) is 15.1 Å². The standard InChI is InChI=1S/C28H40BFN4O6/c1-27(2,33-13-15-39-16-14-33)10-7-21(18-31)25(35)34-23-8-11-28(34,12-9-23)19-40-26(36)32-24(29(37)38)17-20-3-5-22(30)6-4-20/h3-6,21,23-24,37-38H,7-17,19H2,1-2H3,(H,32,36)/t21?,23?,24-,28?/m0/s1. The van der Waals surface area contributed by atoms with Crippen LogP contribution in [0.3, 0.4) is 0 Å². The van der Waals surface area contributed by atoms with Crippen LogP contribution >= 0.6 is 0 Å². The Morgan fingerprint density at radius 3 is 2.50 bits per heavy atom. The first-order valence-corrected chi connectivity index (χ1v) is 14.1. The SMILES string of the molecule is CC(C)(CCC(C#N)C(=O)N1C2CCC1(COC(=O)N[C@@H](Cc1ccc(F)cc1)B(O)O)CC2)N1CCOCC1. The van der Waals surface area contributed by atoms with E-state index in [2.05, 4.69) is 30.1 Å². The molecule has 0 aliphatic carbocycles. The van der Waals surface area contributed by atoms with Crippen molar-refractivity contribution in [3.63, 3.8) is 0 Å². The number of fused-ring (bicyclic) bond motifs is 2. The first kappa shape index (κ1) is 30.2. The van der Waals surface area contributed by atoms with Gasteiger partial charge in [0.2, 0.25) is 5.91 Å². The van der Waals surface area contributed by atoms with E-state index in [9.17, 15) is 29.3 Å². The number of hydrogen-bond acceptors (Lipinski definition) is 8. The summed E-state index contributed by atoms with van der Waals surface area (Å²) in [5, 5.41) is 32.0. The predicted octanol–water partition coefficient (Wildman–Crippen LogP) is 2.03. The molecule has 2 amide bonds. The Kier molecular flexibility index (Phi) is 9.72. The number of carbonyl (C=O) groups is 2. The van der Waals surface area contributed by atoms with Crippen molar-refractivity contribution in [2.75, 3.05) is 32.9 Å². The van der Waals surface area contributed by atoms with Crippen LogP contribution < -0.4 is 5.32 Å². The molecular formula is C28H40BFN4O6. The Bertz CT molecular complexity index is 1070. The maximum absolute atomic E-state index is 13.7. The number of morpholine rings is 1. The van der Waals surface area contributed by atoms with E-state index in [1.54, 1.807) is 4.90 Å². The highest BCUT2D eigenvalue weighted by Gasteiger charge is 2.55. The van der Waals surface area contributed by atoms with Crippen molar-refractivity contribution in [3.8, 4) is 6.07 Å². The number of nitriles is 1. The van der Waals surface area contributed by atoms with E-state index in [0.29, 0.717) is 44.5 Å². The Morgan fingerprint density at radius 1 is 1.25 bits per heavy atom. The molecule has 1 aromatic rings. The van der Waals surface area contributed by atoms with Crippen LogP contribution in [0.1, 0.15) is 57.9 Å². The summed E-state index contributed by atoms with van der Waals surface area (Å²) in [4.78, 5) is 30.5. The number of ether oxygens (including phenoxy) is 2. The molecule has 218 valence electrons. The highest BCUT2D eigenvalue weighted by Crippen LogP contribution is 2.47. The summed E-state index contributed by atoms with van der Waals surface area (Å²) in [6, 6.07) is 7.78. The molecule has 2 bridgehead atoms. The number of benzene rings is 1. The Morgan fingerprint density at radius 2 is 1.90 bits per heavy atom. The van der Waals surface area contributed by atoms with Crippen LogP contribution in [0.5, 0.6) is 0 Å². The summed E-state index contributed by atoms with van der Waals surface area (Å²) in [6.45, 7) is 7.25. The van der Waals surface area contributed by atoms with Crippen LogP contribution in [0.25, 0.3) is 0 Å². The van der Waals surface area contributed by atoms with Crippen molar-refractivity contribution >= 4 is 19.1 Å². The highest BCUT2D eigenvalue weighted by atomic mass is 19.1. The van der Waals surface area contributed by atoms with Gasteiger partial charge in [-0.1, -0.05) is 12.1 Å². The Balaban J connectivity index is 1.35. The van der Waals surface area contributed by atoms with Crippen molar-refractivity contribution < 1.29 is 33.5 Å². The number of nitrogens with one attached hydrogen (secondary N) is 1. The molecule has 1 aromatic carbocycles. The van der Waals surface area contributed by atoms with Crippen molar-refractivity contribution in [2.45, 2.75) is 81.9 Å². The van der Waals surface area contributed by atoms with Gasteiger partial charge < -0.3 is 29.7 Å². The van der Waals surface area contributed by atoms with Gasteiger partial charge >= 0.3 is 13.2 Å². The molecule has 3 fully saturated rings. The first-order chi connectivity index (χ1) is 19.0. The summed E-state index contributed by atoms with van der Waals surface area (Å²) in [5.74, 6) is -2.46. The van der Waals surface area contributed by atoms with Gasteiger partial charge in [0.1, 0.15) is 18.3 Å². The maximum Gasteiger partial charge on any atom is 0.475 e. The van der Waals surface area contributed by atoms with Gasteiger partial charge in [0, 0.05) is 24.7 Å². The molecule has 2 atom stereocenters. The van der Waals surface area contributed by atoms with Crippen LogP contribution in [0.4, 0.5) is 9.18 Å². The van der Waals surface area contributed by atoms with Crippen LogP contribution in [0.2, 0.25) is 0 Å². The zero-order chi connectivity index (χ0) is 28.9. The second kappa shape index (κ2) is 12.9. The Labute approximate surface area is 235 Å². The number of amides is 2. The number of rotatable bonds is 11. The number of halogens is 1. The lowest BCUT2D eigenvalue weighted by atomic mass is 9.76. The zero-order valence-corrected chi connectivity index (χ0v) is 23.4. The minimum absolute atomic E-state index is 0.0211. The average Bonchev–Trinajstić information content (AvgIpc) is 3.49. The molecule has 4 rings (SSSR count). The topological polar surface area (TPSA) is 135 Å². The van der Waals surface area contributed by atoms with Crippen molar-refractivity contribution in [2.24, 2.45) is 5.92 Å². The van der Waals surface area contributed by atoms with Crippen LogP contribution in [-0.2, 0) is 20.7 Å². The number of nitrogens with zero attached hydrogens (tertiary/aromatic N) is 3. The third-order valence-corrected chi connectivity index (χ3v) is 8.87. The van der Waals surface area contributed by atoms with E-state index in [4.69, 9.17) is 9.47 Å². The number of carbonyl (C=O) groups excluding carboxylic acids is 2. The third-order valence-electron chi connectivity index (χ3n) is 8.87. The molecule has 0 radical (unpaired) electrons. The molecule has 40 heavy (non-hydrogen) atoms. The number of alkyl carbamates (subject to hydrolysis) is 1. The minimum atomic E-state index is -1.85. The van der Waals surface area contributed by atoms with Crippen molar-refractivity contribution in [1.29, 1.82) is 5.26 Å². The van der Waals surface area contributed by atoms with Gasteiger partial charge in [-0.3, -0.25) is 9.69 Å². The predicted molar refractivity (Wildman–Crippen MR) is 145 cm³/mol. The third kappa shape index (κ3) is 6.94. The summed E-state index contributed by atoms with van der Waals surface area (Å²) in [7, 11) is -1.85. The second-order valence-electron chi connectivity index (χ2n) is 11.9. The second-order valence-corrected chi connectivity index (χ2v) is 11.9. The van der Waals surface area contributed by atoms with E-state index >= 15 is 0 Å². The van der Waals surface area contributed by atoms with Gasteiger partial charge in [0.15, 0.2) is 0 Å². The lowest BCUT2D eigenvalue weighted by Crippen LogP contribution is -2.53. The van der Waals surface area contributed by atoms with Gasteiger partial charge in [0.05, 0.1) is 30.8 Å². The minimum Gasteiger partial charge on any atom is -0.447 e. The molecule has 0 saturated carbocycles. The number of hydrogen-bond donors (Lipinski definition) is 3. The maximum atomic E-state index is 13.7. The highest BCUT2D eigenvalue weighted by molar-refractivity contribution is 6.43. The molecular weight excluding hydrogens is 518 g/mol. The fourth-order valence-corrected chi connectivity index (χ4v) is 6.39. The van der Waals surface area contributed by atoms with Gasteiger partial charge in [-0.2, -0.15) is 5.26 Å². The van der Waals surface area contributed by atoms with E-state index in [-0.39, 0.29) is 30.5 Å². The lowest BCUT2D eigenvalue weighted by Gasteiger charge is -2.41. The lowest BCUT2D eigenvalue weighted by molar-refractivity contribution is -0.139. The van der Waals surface area contributed by atoms with Crippen LogP contribution in [0.15, 0.2) is 24.3 Å². The molecule has 3 saturated heterocycles. The van der Waals surface area contributed by atoms with Crippen molar-refractivity contribution in [3.05, 3.63) is 35.6 Å². The average molecular weight is 558 g/mol. The van der Waals surface area contributed by atoms with Crippen LogP contribution in [0, 0.1) is 23.1 Å². The molecule has 10 nitrogen and oxygen atoms in total. The molecule has 3 aliphatic rings. The van der Waals surface area contributed by atoms with Gasteiger partial charge in [-0.25, -0.2) is 9.18 Å². The van der Waals surface area contributed by atoms with Gasteiger partial charge in [0.25, 0.3) is 0 Å². The fourth-order valence-electron chi connectivity index (χ4n) is 6.39. The fraction of sp³-hybridized carbons (Fsp3) is 0.679. The molecule has 3 N–H and O–H groups in total. The molecule has 1 unspecified atom stereocenters. The largest absolute Gasteiger partial charge is 0.475 e. The normalized spacial score (nSPS) is 24.3. The summed E-state index contributed by atoms with van der Waals surface area (Å²) in [5.41, 5.74) is -0.217. The van der Waals surface area contributed by atoms with E-state index in [1.165, 1.54) is 24.3 Å². The monoisotopic (exact) mass is 558 g/mol. The summed E-state index contributed by atoms with van der Waals surface area (Å²) < 4.78 is 24.2. The van der Waals surface area contributed by atoms with E-state index < -0.39 is 36.4 Å². The quantitative estimate of drug-likeness (QED) is 0.351. The van der Waals surface area contributed by atoms with Crippen LogP contribution in [-0.4, -0.2) is 94.9 Å². The summed E-state index contributed by atoms with van der Waals surface area (Å²) >= 11 is 0.